The van der Waals surface area contributed by atoms with Crippen molar-refractivity contribution in [1.82, 2.24) is 9.97 Å². The number of nitrogens with zero attached hydrogens (tertiary/aromatic N) is 3. The van der Waals surface area contributed by atoms with Gasteiger partial charge in [-0.2, -0.15) is 4.98 Å². The monoisotopic (exact) mass is 311 g/mol. The SMILES string of the molecule is CCCN(C)c1nc(Cl)ncc1I. The molecule has 1 heterocycles. The van der Waals surface area contributed by atoms with E-state index in [-0.39, 0.29) is 0 Å². The van der Waals surface area contributed by atoms with E-state index in [1.54, 1.807) is 6.20 Å². The van der Waals surface area contributed by atoms with Crippen LogP contribution >= 0.6 is 34.2 Å². The average molecular weight is 312 g/mol. The summed E-state index contributed by atoms with van der Waals surface area (Å²) < 4.78 is 1.03. The summed E-state index contributed by atoms with van der Waals surface area (Å²) in [6.45, 7) is 3.11. The number of halogens is 2. The number of aromatic nitrogens is 2. The zero-order valence-corrected chi connectivity index (χ0v) is 10.5. The molecule has 1 rings (SSSR count). The van der Waals surface area contributed by atoms with Crippen LogP contribution in [0, 0.1) is 3.57 Å². The highest BCUT2D eigenvalue weighted by molar-refractivity contribution is 14.1. The summed E-state index contributed by atoms with van der Waals surface area (Å²) in [5.41, 5.74) is 0. The lowest BCUT2D eigenvalue weighted by molar-refractivity contribution is 0.831. The molecule has 0 atom stereocenters. The van der Waals surface area contributed by atoms with Gasteiger partial charge in [0.2, 0.25) is 5.28 Å². The molecule has 1 aromatic rings. The van der Waals surface area contributed by atoms with Crippen molar-refractivity contribution >= 4 is 40.0 Å². The summed E-state index contributed by atoms with van der Waals surface area (Å²) in [4.78, 5) is 10.1. The molecule has 0 aliphatic heterocycles. The first kappa shape index (κ1) is 11.0. The number of hydrogen-bond acceptors (Lipinski definition) is 3. The van der Waals surface area contributed by atoms with Gasteiger partial charge in [-0.1, -0.05) is 6.92 Å². The second-order valence-corrected chi connectivity index (χ2v) is 4.23. The van der Waals surface area contributed by atoms with Crippen molar-refractivity contribution in [1.29, 1.82) is 0 Å². The maximum Gasteiger partial charge on any atom is 0.224 e. The van der Waals surface area contributed by atoms with Gasteiger partial charge >= 0.3 is 0 Å². The fraction of sp³-hybridized carbons (Fsp3) is 0.500. The first-order valence-electron chi connectivity index (χ1n) is 4.04. The predicted molar refractivity (Wildman–Crippen MR) is 63.3 cm³/mol. The topological polar surface area (TPSA) is 29.0 Å². The molecule has 0 saturated heterocycles. The molecule has 0 saturated carbocycles. The van der Waals surface area contributed by atoms with Crippen molar-refractivity contribution < 1.29 is 0 Å². The lowest BCUT2D eigenvalue weighted by Crippen LogP contribution is -2.20. The Hall–Kier alpha value is -0.100. The van der Waals surface area contributed by atoms with Gasteiger partial charge in [-0.15, -0.1) is 0 Å². The van der Waals surface area contributed by atoms with E-state index >= 15 is 0 Å². The van der Waals surface area contributed by atoms with Crippen molar-refractivity contribution in [3.8, 4) is 0 Å². The van der Waals surface area contributed by atoms with Gasteiger partial charge in [-0.25, -0.2) is 4.98 Å². The van der Waals surface area contributed by atoms with Gasteiger partial charge in [-0.05, 0) is 40.6 Å². The second kappa shape index (κ2) is 4.95. The minimum atomic E-state index is 0.304. The van der Waals surface area contributed by atoms with E-state index in [0.717, 1.165) is 22.4 Å². The fourth-order valence-electron chi connectivity index (χ4n) is 1.05. The van der Waals surface area contributed by atoms with Crippen LogP contribution in [0.1, 0.15) is 13.3 Å². The molecule has 1 aromatic heterocycles. The Morgan fingerprint density at radius 2 is 2.31 bits per heavy atom. The first-order valence-corrected chi connectivity index (χ1v) is 5.50. The zero-order valence-electron chi connectivity index (χ0n) is 7.59. The standard InChI is InChI=1S/C8H11ClIN3/c1-3-4-13(2)7-6(10)5-11-8(9)12-7/h5H,3-4H2,1-2H3. The minimum absolute atomic E-state index is 0.304. The molecular weight excluding hydrogens is 300 g/mol. The van der Waals surface area contributed by atoms with Gasteiger partial charge in [-0.3, -0.25) is 0 Å². The lowest BCUT2D eigenvalue weighted by Gasteiger charge is -2.17. The molecule has 72 valence electrons. The normalized spacial score (nSPS) is 10.2. The van der Waals surface area contributed by atoms with Crippen LogP contribution in [-0.4, -0.2) is 23.6 Å². The molecular formula is C8H11ClIN3. The zero-order chi connectivity index (χ0) is 9.84. The van der Waals surface area contributed by atoms with Crippen LogP contribution in [0.4, 0.5) is 5.82 Å². The van der Waals surface area contributed by atoms with Gasteiger partial charge in [0.1, 0.15) is 5.82 Å². The molecule has 0 N–H and O–H groups in total. The van der Waals surface area contributed by atoms with E-state index in [0.29, 0.717) is 5.28 Å². The van der Waals surface area contributed by atoms with E-state index in [1.807, 2.05) is 7.05 Å². The average Bonchev–Trinajstić information content (AvgIpc) is 2.09. The molecule has 3 nitrogen and oxygen atoms in total. The van der Waals surface area contributed by atoms with E-state index in [4.69, 9.17) is 11.6 Å². The summed E-state index contributed by atoms with van der Waals surface area (Å²) in [7, 11) is 2.00. The maximum atomic E-state index is 5.71. The smallest absolute Gasteiger partial charge is 0.224 e. The van der Waals surface area contributed by atoms with Crippen LogP contribution in [0.2, 0.25) is 5.28 Å². The Bertz CT molecular complexity index is 293. The molecule has 0 radical (unpaired) electrons. The minimum Gasteiger partial charge on any atom is -0.359 e. The highest BCUT2D eigenvalue weighted by atomic mass is 127. The van der Waals surface area contributed by atoms with E-state index in [1.165, 1.54) is 0 Å². The summed E-state index contributed by atoms with van der Waals surface area (Å²) in [5, 5.41) is 0.304. The molecule has 13 heavy (non-hydrogen) atoms. The van der Waals surface area contributed by atoms with Crippen LogP contribution in [-0.2, 0) is 0 Å². The Kier molecular flexibility index (Phi) is 4.18. The van der Waals surface area contributed by atoms with E-state index < -0.39 is 0 Å². The number of anilines is 1. The molecule has 0 aliphatic rings. The summed E-state index contributed by atoms with van der Waals surface area (Å²) in [6.07, 6.45) is 2.82. The summed E-state index contributed by atoms with van der Waals surface area (Å²) in [5.74, 6) is 0.905. The molecule has 0 aromatic carbocycles. The van der Waals surface area contributed by atoms with Gasteiger partial charge in [0, 0.05) is 19.8 Å². The number of rotatable bonds is 3. The van der Waals surface area contributed by atoms with Crippen LogP contribution < -0.4 is 4.90 Å². The van der Waals surface area contributed by atoms with Crippen LogP contribution in [0.15, 0.2) is 6.20 Å². The largest absolute Gasteiger partial charge is 0.359 e. The third kappa shape index (κ3) is 2.95. The summed E-state index contributed by atoms with van der Waals surface area (Å²) >= 11 is 7.92. The van der Waals surface area contributed by atoms with E-state index in [9.17, 15) is 0 Å². The lowest BCUT2D eigenvalue weighted by atomic mass is 10.4. The molecule has 0 fully saturated rings. The van der Waals surface area contributed by atoms with Crippen LogP contribution in [0.25, 0.3) is 0 Å². The highest BCUT2D eigenvalue weighted by Crippen LogP contribution is 2.19. The molecule has 0 spiro atoms. The molecule has 0 aliphatic carbocycles. The van der Waals surface area contributed by atoms with Crippen molar-refractivity contribution in [3.05, 3.63) is 15.1 Å². The Morgan fingerprint density at radius 3 is 2.92 bits per heavy atom. The molecule has 5 heteroatoms. The second-order valence-electron chi connectivity index (χ2n) is 2.73. The Morgan fingerprint density at radius 1 is 1.62 bits per heavy atom. The first-order chi connectivity index (χ1) is 6.15. The Balaban J connectivity index is 2.91. The van der Waals surface area contributed by atoms with E-state index in [2.05, 4.69) is 44.4 Å². The highest BCUT2D eigenvalue weighted by Gasteiger charge is 2.07. The number of hydrogen-bond donors (Lipinski definition) is 0. The van der Waals surface area contributed by atoms with Crippen molar-refractivity contribution in [2.45, 2.75) is 13.3 Å². The van der Waals surface area contributed by atoms with Gasteiger partial charge in [0.25, 0.3) is 0 Å². The van der Waals surface area contributed by atoms with Gasteiger partial charge in [0.05, 0.1) is 3.57 Å². The van der Waals surface area contributed by atoms with Gasteiger partial charge in [0.15, 0.2) is 0 Å². The van der Waals surface area contributed by atoms with Crippen LogP contribution in [0.5, 0.6) is 0 Å². The maximum absolute atomic E-state index is 5.71. The predicted octanol–water partition coefficient (Wildman–Crippen LogP) is 2.58. The fourth-order valence-corrected chi connectivity index (χ4v) is 1.85. The molecule has 0 amide bonds. The van der Waals surface area contributed by atoms with Crippen LogP contribution in [0.3, 0.4) is 0 Å². The third-order valence-corrected chi connectivity index (χ3v) is 2.56. The molecule has 0 unspecified atom stereocenters. The Labute approximate surface area is 96.7 Å². The van der Waals surface area contributed by atoms with Crippen molar-refractivity contribution in [3.63, 3.8) is 0 Å². The molecule has 0 bridgehead atoms. The van der Waals surface area contributed by atoms with Crippen molar-refractivity contribution in [2.75, 3.05) is 18.5 Å². The van der Waals surface area contributed by atoms with Crippen molar-refractivity contribution in [2.24, 2.45) is 0 Å². The van der Waals surface area contributed by atoms with Gasteiger partial charge < -0.3 is 4.90 Å². The summed E-state index contributed by atoms with van der Waals surface area (Å²) in [6, 6.07) is 0. The third-order valence-electron chi connectivity index (χ3n) is 1.62. The quantitative estimate of drug-likeness (QED) is 0.634.